The Morgan fingerprint density at radius 1 is 1.12 bits per heavy atom. The van der Waals surface area contributed by atoms with Crippen molar-refractivity contribution < 1.29 is 19.1 Å². The van der Waals surface area contributed by atoms with E-state index in [1.807, 2.05) is 0 Å². The maximum atomic E-state index is 12.1. The van der Waals surface area contributed by atoms with Gasteiger partial charge in [-0.25, -0.2) is 4.68 Å². The van der Waals surface area contributed by atoms with E-state index in [-0.39, 0.29) is 18.4 Å². The highest BCUT2D eigenvalue weighted by Crippen LogP contribution is 2.29. The van der Waals surface area contributed by atoms with Crippen LogP contribution in [0.1, 0.15) is 13.3 Å². The van der Waals surface area contributed by atoms with Crippen molar-refractivity contribution in [3.63, 3.8) is 0 Å². The first-order valence-electron chi connectivity index (χ1n) is 7.27. The molecule has 2 N–H and O–H groups in total. The molecule has 0 radical (unpaired) electrons. The van der Waals surface area contributed by atoms with Gasteiger partial charge in [-0.1, -0.05) is 12.1 Å². The van der Waals surface area contributed by atoms with E-state index >= 15 is 0 Å². The van der Waals surface area contributed by atoms with Gasteiger partial charge in [-0.2, -0.15) is 0 Å². The van der Waals surface area contributed by atoms with Crippen molar-refractivity contribution in [2.45, 2.75) is 19.9 Å². The number of hydrogen-bond acceptors (Lipinski definition) is 6. The van der Waals surface area contributed by atoms with Crippen molar-refractivity contribution in [1.29, 1.82) is 0 Å². The van der Waals surface area contributed by atoms with E-state index in [1.54, 1.807) is 25.1 Å². The standard InChI is InChI=1S/C15H19N5O4/c1-4-14(21)17-13-8-20(19-18-13)9-15(22)16-10-5-6-11(23-2)12(7-10)24-3/h5-8H,4,9H2,1-3H3,(H,16,22)(H,17,21). The first-order chi connectivity index (χ1) is 11.5. The summed E-state index contributed by atoms with van der Waals surface area (Å²) in [7, 11) is 3.06. The van der Waals surface area contributed by atoms with Gasteiger partial charge in [0, 0.05) is 18.2 Å². The fourth-order valence-corrected chi connectivity index (χ4v) is 1.93. The average Bonchev–Trinajstić information content (AvgIpc) is 3.01. The number of rotatable bonds is 7. The zero-order valence-electron chi connectivity index (χ0n) is 13.7. The van der Waals surface area contributed by atoms with E-state index in [0.29, 0.717) is 29.4 Å². The monoisotopic (exact) mass is 333 g/mol. The fraction of sp³-hybridized carbons (Fsp3) is 0.333. The van der Waals surface area contributed by atoms with Gasteiger partial charge in [0.2, 0.25) is 11.8 Å². The molecular formula is C15H19N5O4. The Kier molecular flexibility index (Phi) is 5.72. The molecule has 0 spiro atoms. The number of ether oxygens (including phenoxy) is 2. The first kappa shape index (κ1) is 17.3. The number of benzene rings is 1. The van der Waals surface area contributed by atoms with E-state index in [1.165, 1.54) is 25.1 Å². The molecule has 0 fully saturated rings. The molecule has 1 aromatic heterocycles. The maximum absolute atomic E-state index is 12.1. The molecule has 24 heavy (non-hydrogen) atoms. The molecule has 128 valence electrons. The second-order valence-corrected chi connectivity index (χ2v) is 4.82. The number of aromatic nitrogens is 3. The number of carbonyl (C=O) groups is 2. The van der Waals surface area contributed by atoms with Crippen LogP contribution in [0.2, 0.25) is 0 Å². The Balaban J connectivity index is 1.97. The third-order valence-corrected chi connectivity index (χ3v) is 3.10. The van der Waals surface area contributed by atoms with Crippen LogP contribution in [-0.4, -0.2) is 41.0 Å². The molecule has 0 saturated carbocycles. The fourth-order valence-electron chi connectivity index (χ4n) is 1.93. The van der Waals surface area contributed by atoms with Crippen molar-refractivity contribution >= 4 is 23.3 Å². The summed E-state index contributed by atoms with van der Waals surface area (Å²) in [5, 5.41) is 12.9. The summed E-state index contributed by atoms with van der Waals surface area (Å²) in [5.74, 6) is 0.932. The first-order valence-corrected chi connectivity index (χ1v) is 7.27. The van der Waals surface area contributed by atoms with Gasteiger partial charge in [0.1, 0.15) is 6.54 Å². The number of methoxy groups -OCH3 is 2. The van der Waals surface area contributed by atoms with Crippen LogP contribution in [0.25, 0.3) is 0 Å². The normalized spacial score (nSPS) is 10.1. The molecule has 0 saturated heterocycles. The summed E-state index contributed by atoms with van der Waals surface area (Å²) >= 11 is 0. The molecular weight excluding hydrogens is 314 g/mol. The number of nitrogens with one attached hydrogen (secondary N) is 2. The van der Waals surface area contributed by atoms with Crippen molar-refractivity contribution in [3.05, 3.63) is 24.4 Å². The van der Waals surface area contributed by atoms with Gasteiger partial charge in [-0.05, 0) is 12.1 Å². The molecule has 0 bridgehead atoms. The molecule has 0 aliphatic carbocycles. The lowest BCUT2D eigenvalue weighted by atomic mass is 10.2. The van der Waals surface area contributed by atoms with Gasteiger partial charge in [-0.3, -0.25) is 9.59 Å². The molecule has 0 aliphatic heterocycles. The molecule has 0 atom stereocenters. The summed E-state index contributed by atoms with van der Waals surface area (Å²) < 4.78 is 11.7. The minimum Gasteiger partial charge on any atom is -0.493 e. The second kappa shape index (κ2) is 7.95. The Bertz CT molecular complexity index is 728. The summed E-state index contributed by atoms with van der Waals surface area (Å²) in [4.78, 5) is 23.3. The second-order valence-electron chi connectivity index (χ2n) is 4.82. The summed E-state index contributed by atoms with van der Waals surface area (Å²) in [5.41, 5.74) is 0.567. The number of nitrogens with zero attached hydrogens (tertiary/aromatic N) is 3. The van der Waals surface area contributed by atoms with Crippen molar-refractivity contribution in [3.8, 4) is 11.5 Å². The van der Waals surface area contributed by atoms with E-state index < -0.39 is 0 Å². The van der Waals surface area contributed by atoms with Crippen LogP contribution in [-0.2, 0) is 16.1 Å². The lowest BCUT2D eigenvalue weighted by molar-refractivity contribution is -0.117. The molecule has 1 aromatic carbocycles. The molecule has 1 heterocycles. The molecule has 0 aliphatic rings. The third-order valence-electron chi connectivity index (χ3n) is 3.10. The minimum absolute atomic E-state index is 0.0384. The summed E-state index contributed by atoms with van der Waals surface area (Å²) in [6.45, 7) is 1.69. The SMILES string of the molecule is CCC(=O)Nc1cn(CC(=O)Nc2ccc(OC)c(OC)c2)nn1. The zero-order chi connectivity index (χ0) is 17.5. The Labute approximate surface area is 138 Å². The Morgan fingerprint density at radius 3 is 2.54 bits per heavy atom. The number of amides is 2. The number of hydrogen-bond donors (Lipinski definition) is 2. The maximum Gasteiger partial charge on any atom is 0.246 e. The Morgan fingerprint density at radius 2 is 1.88 bits per heavy atom. The quantitative estimate of drug-likeness (QED) is 0.790. The third kappa shape index (κ3) is 4.45. The van der Waals surface area contributed by atoms with Crippen LogP contribution in [0.15, 0.2) is 24.4 Å². The molecule has 2 aromatic rings. The zero-order valence-corrected chi connectivity index (χ0v) is 13.7. The van der Waals surface area contributed by atoms with E-state index in [2.05, 4.69) is 20.9 Å². The van der Waals surface area contributed by atoms with E-state index in [4.69, 9.17) is 9.47 Å². The van der Waals surface area contributed by atoms with Gasteiger partial charge in [0.15, 0.2) is 17.3 Å². The predicted molar refractivity (Wildman–Crippen MR) is 87.1 cm³/mol. The van der Waals surface area contributed by atoms with Gasteiger partial charge in [-0.15, -0.1) is 5.10 Å². The molecule has 9 heteroatoms. The van der Waals surface area contributed by atoms with Gasteiger partial charge in [0.25, 0.3) is 0 Å². The van der Waals surface area contributed by atoms with Crippen LogP contribution in [0, 0.1) is 0 Å². The lowest BCUT2D eigenvalue weighted by Gasteiger charge is -2.10. The van der Waals surface area contributed by atoms with Gasteiger partial charge in [0.05, 0.1) is 20.4 Å². The number of anilines is 2. The van der Waals surface area contributed by atoms with Crippen LogP contribution >= 0.6 is 0 Å². The molecule has 9 nitrogen and oxygen atoms in total. The summed E-state index contributed by atoms with van der Waals surface area (Å²) in [6, 6.07) is 5.06. The summed E-state index contributed by atoms with van der Waals surface area (Å²) in [6.07, 6.45) is 1.83. The lowest BCUT2D eigenvalue weighted by Crippen LogP contribution is -2.19. The van der Waals surface area contributed by atoms with Crippen LogP contribution < -0.4 is 20.1 Å². The number of carbonyl (C=O) groups excluding carboxylic acids is 2. The predicted octanol–water partition coefficient (Wildman–Crippen LogP) is 1.28. The molecule has 0 unspecified atom stereocenters. The highest BCUT2D eigenvalue weighted by Gasteiger charge is 2.10. The Hall–Kier alpha value is -3.10. The van der Waals surface area contributed by atoms with E-state index in [9.17, 15) is 9.59 Å². The van der Waals surface area contributed by atoms with Gasteiger partial charge >= 0.3 is 0 Å². The highest BCUT2D eigenvalue weighted by atomic mass is 16.5. The van der Waals surface area contributed by atoms with Crippen LogP contribution in [0.5, 0.6) is 11.5 Å². The largest absolute Gasteiger partial charge is 0.493 e. The smallest absolute Gasteiger partial charge is 0.246 e. The van der Waals surface area contributed by atoms with Crippen molar-refractivity contribution in [2.24, 2.45) is 0 Å². The highest BCUT2D eigenvalue weighted by molar-refractivity contribution is 5.91. The van der Waals surface area contributed by atoms with Crippen LogP contribution in [0.4, 0.5) is 11.5 Å². The van der Waals surface area contributed by atoms with Crippen molar-refractivity contribution in [1.82, 2.24) is 15.0 Å². The van der Waals surface area contributed by atoms with Crippen LogP contribution in [0.3, 0.4) is 0 Å². The minimum atomic E-state index is -0.291. The topological polar surface area (TPSA) is 107 Å². The molecule has 2 rings (SSSR count). The van der Waals surface area contributed by atoms with Gasteiger partial charge < -0.3 is 20.1 Å². The van der Waals surface area contributed by atoms with Crippen molar-refractivity contribution in [2.75, 3.05) is 24.9 Å². The molecule has 2 amide bonds. The van der Waals surface area contributed by atoms with E-state index in [0.717, 1.165) is 0 Å². The average molecular weight is 333 g/mol.